The standard InChI is InChI=1S/C19H16BrN5O2/c20-16-8-4-7-14(9-16)19(27)21-12-17(26)24-22-10-15-11-23-25-18(15)13-5-2-1-3-6-13/h1-11H,12H2,(H,21,27)(H,23,25)(H,24,26)/b22-10+. The molecule has 0 spiro atoms. The highest BCUT2D eigenvalue weighted by atomic mass is 79.9. The average Bonchev–Trinajstić information content (AvgIpc) is 3.15. The molecule has 2 aromatic carbocycles. The molecule has 0 aliphatic rings. The molecule has 2 amide bonds. The number of halogens is 1. The molecule has 0 radical (unpaired) electrons. The van der Waals surface area contributed by atoms with Crippen molar-refractivity contribution in [3.05, 3.63) is 76.4 Å². The van der Waals surface area contributed by atoms with Gasteiger partial charge in [-0.05, 0) is 18.2 Å². The SMILES string of the molecule is O=C(CNC(=O)c1cccc(Br)c1)N/N=C/c1cn[nH]c1-c1ccccc1. The number of nitrogens with zero attached hydrogens (tertiary/aromatic N) is 2. The van der Waals surface area contributed by atoms with E-state index < -0.39 is 5.91 Å². The molecule has 1 heterocycles. The molecule has 0 saturated carbocycles. The summed E-state index contributed by atoms with van der Waals surface area (Å²) in [5.41, 5.74) is 5.35. The van der Waals surface area contributed by atoms with Crippen molar-refractivity contribution < 1.29 is 9.59 Å². The maximum atomic E-state index is 12.0. The fourth-order valence-corrected chi connectivity index (χ4v) is 2.73. The number of H-pyrrole nitrogens is 1. The number of hydrogen-bond acceptors (Lipinski definition) is 4. The second kappa shape index (κ2) is 8.91. The van der Waals surface area contributed by atoms with Crippen LogP contribution in [0.25, 0.3) is 11.3 Å². The number of benzene rings is 2. The van der Waals surface area contributed by atoms with E-state index in [4.69, 9.17) is 0 Å². The summed E-state index contributed by atoms with van der Waals surface area (Å²) in [7, 11) is 0. The van der Waals surface area contributed by atoms with E-state index in [9.17, 15) is 9.59 Å². The van der Waals surface area contributed by atoms with E-state index in [2.05, 4.69) is 42.0 Å². The van der Waals surface area contributed by atoms with Crippen LogP contribution in [0.2, 0.25) is 0 Å². The van der Waals surface area contributed by atoms with Crippen molar-refractivity contribution in [1.82, 2.24) is 20.9 Å². The molecule has 0 saturated heterocycles. The quantitative estimate of drug-likeness (QED) is 0.418. The van der Waals surface area contributed by atoms with Crippen LogP contribution in [-0.2, 0) is 4.79 Å². The lowest BCUT2D eigenvalue weighted by molar-refractivity contribution is -0.120. The maximum absolute atomic E-state index is 12.0. The topological polar surface area (TPSA) is 99.2 Å². The molecule has 7 nitrogen and oxygen atoms in total. The summed E-state index contributed by atoms with van der Waals surface area (Å²) < 4.78 is 0.790. The van der Waals surface area contributed by atoms with E-state index in [0.717, 1.165) is 21.3 Å². The average molecular weight is 426 g/mol. The van der Waals surface area contributed by atoms with Gasteiger partial charge in [-0.25, -0.2) is 5.43 Å². The number of nitrogens with one attached hydrogen (secondary N) is 3. The Kier molecular flexibility index (Phi) is 6.11. The summed E-state index contributed by atoms with van der Waals surface area (Å²) in [6, 6.07) is 16.6. The Balaban J connectivity index is 1.53. The zero-order valence-corrected chi connectivity index (χ0v) is 15.7. The molecule has 0 aliphatic carbocycles. The van der Waals surface area contributed by atoms with Crippen molar-refractivity contribution in [2.45, 2.75) is 0 Å². The van der Waals surface area contributed by atoms with Crippen LogP contribution in [0.5, 0.6) is 0 Å². The van der Waals surface area contributed by atoms with E-state index in [1.165, 1.54) is 6.21 Å². The minimum Gasteiger partial charge on any atom is -0.343 e. The first-order chi connectivity index (χ1) is 13.1. The van der Waals surface area contributed by atoms with Crippen LogP contribution < -0.4 is 10.7 Å². The lowest BCUT2D eigenvalue weighted by Crippen LogP contribution is -2.34. The lowest BCUT2D eigenvalue weighted by atomic mass is 10.1. The molecule has 8 heteroatoms. The van der Waals surface area contributed by atoms with Gasteiger partial charge >= 0.3 is 0 Å². The van der Waals surface area contributed by atoms with E-state index in [1.54, 1.807) is 24.4 Å². The molecule has 136 valence electrons. The first-order valence-corrected chi connectivity index (χ1v) is 8.87. The van der Waals surface area contributed by atoms with Gasteiger partial charge in [0.05, 0.1) is 24.7 Å². The number of hydrazone groups is 1. The minimum absolute atomic E-state index is 0.181. The number of amides is 2. The highest BCUT2D eigenvalue weighted by molar-refractivity contribution is 9.10. The number of aromatic nitrogens is 2. The minimum atomic E-state index is -0.431. The number of hydrogen-bond donors (Lipinski definition) is 3. The maximum Gasteiger partial charge on any atom is 0.259 e. The van der Waals surface area contributed by atoms with Gasteiger partial charge in [-0.15, -0.1) is 0 Å². The molecule has 0 unspecified atom stereocenters. The van der Waals surface area contributed by atoms with Crippen LogP contribution >= 0.6 is 15.9 Å². The normalized spacial score (nSPS) is 10.7. The molecular formula is C19H16BrN5O2. The van der Waals surface area contributed by atoms with Gasteiger partial charge in [0.25, 0.3) is 11.8 Å². The van der Waals surface area contributed by atoms with Gasteiger partial charge in [0.1, 0.15) is 0 Å². The number of aromatic amines is 1. The molecule has 0 atom stereocenters. The van der Waals surface area contributed by atoms with Crippen LogP contribution in [0.3, 0.4) is 0 Å². The zero-order chi connectivity index (χ0) is 19.1. The summed E-state index contributed by atoms with van der Waals surface area (Å²) in [5, 5.41) is 13.4. The molecule has 0 aliphatic heterocycles. The van der Waals surface area contributed by atoms with Crippen LogP contribution in [0.1, 0.15) is 15.9 Å². The Bertz CT molecular complexity index is 969. The van der Waals surface area contributed by atoms with Gasteiger partial charge in [0.2, 0.25) is 0 Å². The van der Waals surface area contributed by atoms with Crippen molar-refractivity contribution in [1.29, 1.82) is 0 Å². The monoisotopic (exact) mass is 425 g/mol. The van der Waals surface area contributed by atoms with Crippen molar-refractivity contribution in [2.24, 2.45) is 5.10 Å². The molecule has 27 heavy (non-hydrogen) atoms. The Labute approximate surface area is 164 Å². The number of carbonyl (C=O) groups is 2. The molecule has 0 bridgehead atoms. The zero-order valence-electron chi connectivity index (χ0n) is 14.1. The van der Waals surface area contributed by atoms with E-state index in [0.29, 0.717) is 5.56 Å². The van der Waals surface area contributed by atoms with Crippen molar-refractivity contribution in [3.8, 4) is 11.3 Å². The molecule has 3 N–H and O–H groups in total. The first-order valence-electron chi connectivity index (χ1n) is 8.08. The second-order valence-corrected chi connectivity index (χ2v) is 6.47. The Morgan fingerprint density at radius 3 is 2.74 bits per heavy atom. The summed E-state index contributed by atoms with van der Waals surface area (Å²) in [5.74, 6) is -0.768. The highest BCUT2D eigenvalue weighted by Crippen LogP contribution is 2.18. The molecule has 3 rings (SSSR count). The van der Waals surface area contributed by atoms with Gasteiger partial charge < -0.3 is 5.32 Å². The fourth-order valence-electron chi connectivity index (χ4n) is 2.34. The van der Waals surface area contributed by atoms with Crippen LogP contribution in [0, 0.1) is 0 Å². The van der Waals surface area contributed by atoms with Gasteiger partial charge in [0, 0.05) is 21.2 Å². The summed E-state index contributed by atoms with van der Waals surface area (Å²) >= 11 is 3.30. The predicted octanol–water partition coefficient (Wildman–Crippen LogP) is 2.72. The smallest absolute Gasteiger partial charge is 0.259 e. The molecule has 3 aromatic rings. The van der Waals surface area contributed by atoms with Crippen LogP contribution in [0.15, 0.2) is 70.4 Å². The largest absolute Gasteiger partial charge is 0.343 e. The summed E-state index contributed by atoms with van der Waals surface area (Å²) in [6.07, 6.45) is 3.12. The molecular weight excluding hydrogens is 410 g/mol. The van der Waals surface area contributed by atoms with Crippen molar-refractivity contribution in [2.75, 3.05) is 6.54 Å². The van der Waals surface area contributed by atoms with Crippen molar-refractivity contribution in [3.63, 3.8) is 0 Å². The second-order valence-electron chi connectivity index (χ2n) is 5.55. The van der Waals surface area contributed by atoms with Crippen LogP contribution in [-0.4, -0.2) is 34.8 Å². The van der Waals surface area contributed by atoms with Crippen molar-refractivity contribution >= 4 is 34.0 Å². The summed E-state index contributed by atoms with van der Waals surface area (Å²) in [6.45, 7) is -0.181. The third kappa shape index (κ3) is 5.11. The van der Waals surface area contributed by atoms with Gasteiger partial charge in [-0.3, -0.25) is 14.7 Å². The highest BCUT2D eigenvalue weighted by Gasteiger charge is 2.08. The first kappa shape index (κ1) is 18.5. The number of rotatable bonds is 6. The molecule has 1 aromatic heterocycles. The Morgan fingerprint density at radius 2 is 1.96 bits per heavy atom. The van der Waals surface area contributed by atoms with E-state index in [-0.39, 0.29) is 12.5 Å². The van der Waals surface area contributed by atoms with E-state index >= 15 is 0 Å². The Morgan fingerprint density at radius 1 is 1.15 bits per heavy atom. The van der Waals surface area contributed by atoms with Gasteiger partial charge in [0.15, 0.2) is 0 Å². The lowest BCUT2D eigenvalue weighted by Gasteiger charge is -2.04. The third-order valence-corrected chi connectivity index (χ3v) is 4.11. The predicted molar refractivity (Wildman–Crippen MR) is 106 cm³/mol. The van der Waals surface area contributed by atoms with Gasteiger partial charge in [-0.2, -0.15) is 10.2 Å². The van der Waals surface area contributed by atoms with Crippen LogP contribution in [0.4, 0.5) is 0 Å². The summed E-state index contributed by atoms with van der Waals surface area (Å²) in [4.78, 5) is 23.9. The third-order valence-electron chi connectivity index (χ3n) is 3.62. The Hall–Kier alpha value is -3.26. The van der Waals surface area contributed by atoms with Gasteiger partial charge in [-0.1, -0.05) is 52.3 Å². The fraction of sp³-hybridized carbons (Fsp3) is 0.0526. The van der Waals surface area contributed by atoms with E-state index in [1.807, 2.05) is 36.4 Å². The number of carbonyl (C=O) groups excluding carboxylic acids is 2. The molecule has 0 fully saturated rings.